The van der Waals surface area contributed by atoms with Crippen molar-refractivity contribution in [2.75, 3.05) is 6.67 Å². The number of hydrogen-bond donors (Lipinski definition) is 0. The van der Waals surface area contributed by atoms with E-state index in [1.165, 1.54) is 6.92 Å². The maximum absolute atomic E-state index is 11.4. The molecule has 0 aromatic carbocycles. The van der Waals surface area contributed by atoms with E-state index in [2.05, 4.69) is 20.7 Å². The minimum Gasteiger partial charge on any atom is -0.448 e. The van der Waals surface area contributed by atoms with Crippen molar-refractivity contribution in [1.29, 1.82) is 0 Å². The molecule has 2 nitrogen and oxygen atoms in total. The van der Waals surface area contributed by atoms with Crippen molar-refractivity contribution in [1.82, 2.24) is 0 Å². The molecule has 0 radical (unpaired) electrons. The normalized spacial score (nSPS) is 12.9. The van der Waals surface area contributed by atoms with E-state index in [1.54, 1.807) is 0 Å². The second-order valence-electron chi connectivity index (χ2n) is 1.17. The summed E-state index contributed by atoms with van der Waals surface area (Å²) in [5.74, 6) is -0.482. The predicted molar refractivity (Wildman–Crippen MR) is 30.5 cm³/mol. The van der Waals surface area contributed by atoms with Gasteiger partial charge in [-0.1, -0.05) is 0 Å². The molecule has 0 rings (SSSR count). The van der Waals surface area contributed by atoms with Gasteiger partial charge in [0.25, 0.3) is 0 Å². The summed E-state index contributed by atoms with van der Waals surface area (Å²) in [7, 11) is 0. The summed E-state index contributed by atoms with van der Waals surface area (Å²) in [6, 6.07) is 0. The van der Waals surface area contributed by atoms with Crippen molar-refractivity contribution < 1.29 is 13.9 Å². The van der Waals surface area contributed by atoms with Crippen LogP contribution >= 0.6 is 15.9 Å². The van der Waals surface area contributed by atoms with Gasteiger partial charge >= 0.3 is 5.97 Å². The molecule has 0 heterocycles. The molecule has 0 fully saturated rings. The first kappa shape index (κ1) is 7.88. The van der Waals surface area contributed by atoms with Gasteiger partial charge < -0.3 is 4.74 Å². The van der Waals surface area contributed by atoms with Crippen molar-refractivity contribution in [3.63, 3.8) is 0 Å². The molecule has 0 aromatic heterocycles. The van der Waals surface area contributed by atoms with Crippen molar-refractivity contribution in [3.8, 4) is 0 Å². The monoisotopic (exact) mass is 184 g/mol. The maximum atomic E-state index is 11.4. The molecular weight excluding hydrogens is 179 g/mol. The molecule has 1 atom stereocenters. The maximum Gasteiger partial charge on any atom is 0.303 e. The second-order valence-corrected chi connectivity index (χ2v) is 2.20. The van der Waals surface area contributed by atoms with Gasteiger partial charge in [0, 0.05) is 6.92 Å². The SMILES string of the molecule is CC(=O)OC(Br)CF. The molecule has 0 aliphatic heterocycles. The van der Waals surface area contributed by atoms with Gasteiger partial charge in [0.15, 0.2) is 5.01 Å². The quantitative estimate of drug-likeness (QED) is 0.477. The smallest absolute Gasteiger partial charge is 0.303 e. The Morgan fingerprint density at radius 1 is 2.00 bits per heavy atom. The second kappa shape index (κ2) is 3.83. The average molecular weight is 185 g/mol. The van der Waals surface area contributed by atoms with Crippen LogP contribution in [0.4, 0.5) is 4.39 Å². The summed E-state index contributed by atoms with van der Waals surface area (Å²) in [5.41, 5.74) is 0. The van der Waals surface area contributed by atoms with Gasteiger partial charge in [-0.05, 0) is 15.9 Å². The fraction of sp³-hybridized carbons (Fsp3) is 0.750. The van der Waals surface area contributed by atoms with Crippen molar-refractivity contribution in [2.45, 2.75) is 11.9 Å². The fourth-order valence-corrected chi connectivity index (χ4v) is 0.475. The number of carbonyl (C=O) groups is 1. The van der Waals surface area contributed by atoms with Gasteiger partial charge in [0.1, 0.15) is 6.67 Å². The lowest BCUT2D eigenvalue weighted by molar-refractivity contribution is -0.142. The van der Waals surface area contributed by atoms with Crippen LogP contribution in [0.25, 0.3) is 0 Å². The highest BCUT2D eigenvalue weighted by Crippen LogP contribution is 2.01. The highest BCUT2D eigenvalue weighted by atomic mass is 79.9. The zero-order valence-electron chi connectivity index (χ0n) is 4.36. The molecule has 0 bridgehead atoms. The summed E-state index contributed by atoms with van der Waals surface area (Å²) in [4.78, 5) is 9.99. The largest absolute Gasteiger partial charge is 0.448 e. The molecule has 0 saturated carbocycles. The minimum absolute atomic E-state index is 0.482. The average Bonchev–Trinajstić information content (AvgIpc) is 1.65. The van der Waals surface area contributed by atoms with Gasteiger partial charge in [-0.2, -0.15) is 0 Å². The molecule has 1 unspecified atom stereocenters. The third kappa shape index (κ3) is 4.05. The van der Waals surface area contributed by atoms with E-state index in [0.717, 1.165) is 0 Å². The lowest BCUT2D eigenvalue weighted by atomic mass is 10.7. The molecule has 0 aliphatic rings. The number of halogens is 2. The minimum atomic E-state index is -0.778. The Balaban J connectivity index is 3.24. The van der Waals surface area contributed by atoms with E-state index in [4.69, 9.17) is 0 Å². The zero-order valence-corrected chi connectivity index (χ0v) is 5.94. The molecule has 0 amide bonds. The Morgan fingerprint density at radius 3 is 2.62 bits per heavy atom. The highest BCUT2D eigenvalue weighted by molar-refractivity contribution is 9.09. The summed E-state index contributed by atoms with van der Waals surface area (Å²) in [5, 5.41) is -0.778. The standard InChI is InChI=1S/C4H6BrFO2/c1-3(7)8-4(5)2-6/h4H,2H2,1H3. The van der Waals surface area contributed by atoms with Crippen molar-refractivity contribution in [3.05, 3.63) is 0 Å². The zero-order chi connectivity index (χ0) is 6.57. The highest BCUT2D eigenvalue weighted by Gasteiger charge is 2.03. The third-order valence-electron chi connectivity index (χ3n) is 0.415. The molecule has 0 aromatic rings. The van der Waals surface area contributed by atoms with Crippen LogP contribution < -0.4 is 0 Å². The van der Waals surface area contributed by atoms with Gasteiger partial charge in [-0.25, -0.2) is 4.39 Å². The number of alkyl halides is 2. The first-order chi connectivity index (χ1) is 3.66. The Hall–Kier alpha value is -0.120. The van der Waals surface area contributed by atoms with Gasteiger partial charge in [-0.3, -0.25) is 4.79 Å². The number of carbonyl (C=O) groups excluding carboxylic acids is 1. The van der Waals surface area contributed by atoms with E-state index >= 15 is 0 Å². The van der Waals surface area contributed by atoms with E-state index < -0.39 is 17.7 Å². The van der Waals surface area contributed by atoms with Crippen LogP contribution in [0, 0.1) is 0 Å². The molecule has 0 aliphatic carbocycles. The van der Waals surface area contributed by atoms with Crippen LogP contribution in [-0.4, -0.2) is 17.7 Å². The Kier molecular flexibility index (Phi) is 3.77. The first-order valence-electron chi connectivity index (χ1n) is 2.04. The molecule has 4 heteroatoms. The van der Waals surface area contributed by atoms with Crippen LogP contribution in [0.5, 0.6) is 0 Å². The lowest BCUT2D eigenvalue weighted by Gasteiger charge is -2.02. The van der Waals surface area contributed by atoms with Crippen molar-refractivity contribution >= 4 is 21.9 Å². The molecule has 8 heavy (non-hydrogen) atoms. The Labute approximate surface area is 55.1 Å². The van der Waals surface area contributed by atoms with Crippen LogP contribution in [0.15, 0.2) is 0 Å². The van der Waals surface area contributed by atoms with Crippen LogP contribution in [-0.2, 0) is 9.53 Å². The van der Waals surface area contributed by atoms with E-state index in [9.17, 15) is 9.18 Å². The molecule has 0 spiro atoms. The van der Waals surface area contributed by atoms with E-state index in [-0.39, 0.29) is 0 Å². The molecule has 0 saturated heterocycles. The van der Waals surface area contributed by atoms with Gasteiger partial charge in [0.05, 0.1) is 0 Å². The Bertz CT molecular complexity index is 86.1. The fourth-order valence-electron chi connectivity index (χ4n) is 0.212. The van der Waals surface area contributed by atoms with E-state index in [1.807, 2.05) is 0 Å². The summed E-state index contributed by atoms with van der Waals surface area (Å²) in [6.45, 7) is 0.531. The third-order valence-corrected chi connectivity index (χ3v) is 0.847. The van der Waals surface area contributed by atoms with Gasteiger partial charge in [0.2, 0.25) is 0 Å². The topological polar surface area (TPSA) is 26.3 Å². The van der Waals surface area contributed by atoms with Gasteiger partial charge in [-0.15, -0.1) is 0 Å². The van der Waals surface area contributed by atoms with Crippen LogP contribution in [0.1, 0.15) is 6.92 Å². The number of rotatable bonds is 2. The Morgan fingerprint density at radius 2 is 2.50 bits per heavy atom. The number of hydrogen-bond acceptors (Lipinski definition) is 2. The number of ether oxygens (including phenoxy) is 1. The van der Waals surface area contributed by atoms with Crippen LogP contribution in [0.3, 0.4) is 0 Å². The lowest BCUT2D eigenvalue weighted by Crippen LogP contribution is -2.10. The summed E-state index contributed by atoms with van der Waals surface area (Å²) in [6.07, 6.45) is 0. The molecule has 48 valence electrons. The molecule has 0 N–H and O–H groups in total. The summed E-state index contributed by atoms with van der Waals surface area (Å²) >= 11 is 2.76. The van der Waals surface area contributed by atoms with E-state index in [0.29, 0.717) is 0 Å². The first-order valence-corrected chi connectivity index (χ1v) is 2.95. The summed E-state index contributed by atoms with van der Waals surface area (Å²) < 4.78 is 15.7. The van der Waals surface area contributed by atoms with Crippen molar-refractivity contribution in [2.24, 2.45) is 0 Å². The predicted octanol–water partition coefficient (Wildman–Crippen LogP) is 1.24. The molecular formula is C4H6BrFO2. The number of esters is 1. The van der Waals surface area contributed by atoms with Crippen LogP contribution in [0.2, 0.25) is 0 Å².